The summed E-state index contributed by atoms with van der Waals surface area (Å²) in [5.74, 6) is -0.428. The highest BCUT2D eigenvalue weighted by Gasteiger charge is 2.28. The van der Waals surface area contributed by atoms with Crippen LogP contribution in [0.15, 0.2) is 48.9 Å². The number of piperidine rings is 1. The molecule has 1 atom stereocenters. The van der Waals surface area contributed by atoms with E-state index in [2.05, 4.69) is 44.5 Å². The summed E-state index contributed by atoms with van der Waals surface area (Å²) in [5.41, 5.74) is 9.11. The van der Waals surface area contributed by atoms with E-state index in [1.165, 1.54) is 11.8 Å². The molecule has 0 aliphatic carbocycles. The molecule has 0 bridgehead atoms. The lowest BCUT2D eigenvalue weighted by Gasteiger charge is -2.35. The largest absolute Gasteiger partial charge is 0.365 e. The second-order valence-corrected chi connectivity index (χ2v) is 6.66. The molecular weight excluding hydrogens is 328 g/mol. The number of hydrogen-bond acceptors (Lipinski definition) is 4. The number of nitrogens with zero attached hydrogens (tertiary/aromatic N) is 4. The van der Waals surface area contributed by atoms with Crippen molar-refractivity contribution in [1.29, 1.82) is 0 Å². The van der Waals surface area contributed by atoms with E-state index in [1.807, 2.05) is 16.9 Å². The van der Waals surface area contributed by atoms with E-state index >= 15 is 0 Å². The minimum Gasteiger partial charge on any atom is -0.365 e. The number of H-pyrrole nitrogens is 1. The maximum absolute atomic E-state index is 11.7. The highest BCUT2D eigenvalue weighted by Crippen LogP contribution is 2.32. The van der Waals surface area contributed by atoms with Crippen LogP contribution in [0.4, 0.5) is 0 Å². The standard InChI is InChI=1S/C19H22N6O/c20-19(26)16-12-21-23-18(16)17-4-1-2-10-24(17)13-14-5-7-15(8-6-14)25-11-3-9-22-25/h3,5-9,11-12,17H,1-2,4,10,13H2,(H2,20,26)(H,21,23). The van der Waals surface area contributed by atoms with Gasteiger partial charge in [0.05, 0.1) is 29.2 Å². The number of nitrogens with one attached hydrogen (secondary N) is 1. The van der Waals surface area contributed by atoms with Gasteiger partial charge in [-0.3, -0.25) is 14.8 Å². The highest BCUT2D eigenvalue weighted by atomic mass is 16.1. The topological polar surface area (TPSA) is 92.8 Å². The van der Waals surface area contributed by atoms with Crippen LogP contribution in [0.25, 0.3) is 5.69 Å². The Morgan fingerprint density at radius 3 is 2.85 bits per heavy atom. The van der Waals surface area contributed by atoms with Gasteiger partial charge in [0, 0.05) is 18.9 Å². The Labute approximate surface area is 151 Å². The van der Waals surface area contributed by atoms with Gasteiger partial charge in [-0.15, -0.1) is 0 Å². The second-order valence-electron chi connectivity index (χ2n) is 6.66. The summed E-state index contributed by atoms with van der Waals surface area (Å²) in [6.07, 6.45) is 8.52. The Balaban J connectivity index is 1.53. The molecule has 3 heterocycles. The number of aromatic amines is 1. The number of carbonyl (C=O) groups excluding carboxylic acids is 1. The van der Waals surface area contributed by atoms with Crippen molar-refractivity contribution in [2.45, 2.75) is 31.8 Å². The van der Waals surface area contributed by atoms with E-state index < -0.39 is 5.91 Å². The van der Waals surface area contributed by atoms with Crippen LogP contribution < -0.4 is 5.73 Å². The fraction of sp³-hybridized carbons (Fsp3) is 0.316. The third-order valence-electron chi connectivity index (χ3n) is 4.97. The van der Waals surface area contributed by atoms with E-state index in [1.54, 1.807) is 6.20 Å². The average molecular weight is 350 g/mol. The molecule has 3 aromatic rings. The molecule has 0 saturated carbocycles. The smallest absolute Gasteiger partial charge is 0.252 e. The maximum Gasteiger partial charge on any atom is 0.252 e. The van der Waals surface area contributed by atoms with Gasteiger partial charge in [-0.05, 0) is 43.1 Å². The van der Waals surface area contributed by atoms with Crippen LogP contribution in [0.1, 0.15) is 46.9 Å². The number of aromatic nitrogens is 4. The van der Waals surface area contributed by atoms with Crippen LogP contribution in [0, 0.1) is 0 Å². The molecule has 1 aliphatic rings. The summed E-state index contributed by atoms with van der Waals surface area (Å²) < 4.78 is 1.84. The van der Waals surface area contributed by atoms with Crippen molar-refractivity contribution in [2.24, 2.45) is 5.73 Å². The monoisotopic (exact) mass is 350 g/mol. The Kier molecular flexibility index (Phi) is 4.53. The van der Waals surface area contributed by atoms with Crippen molar-refractivity contribution in [1.82, 2.24) is 24.9 Å². The van der Waals surface area contributed by atoms with Crippen molar-refractivity contribution >= 4 is 5.91 Å². The number of primary amides is 1. The third-order valence-corrected chi connectivity index (χ3v) is 4.97. The first-order chi connectivity index (χ1) is 12.7. The summed E-state index contributed by atoms with van der Waals surface area (Å²) in [7, 11) is 0. The van der Waals surface area contributed by atoms with Gasteiger partial charge in [-0.25, -0.2) is 4.68 Å². The molecule has 0 spiro atoms. The van der Waals surface area contributed by atoms with Crippen LogP contribution in [0.2, 0.25) is 0 Å². The molecule has 1 aliphatic heterocycles. The first kappa shape index (κ1) is 16.5. The number of benzene rings is 1. The molecule has 4 rings (SSSR count). The van der Waals surface area contributed by atoms with Gasteiger partial charge < -0.3 is 5.73 Å². The molecule has 3 N–H and O–H groups in total. The molecule has 1 amide bonds. The lowest BCUT2D eigenvalue weighted by molar-refractivity contribution is 0.0990. The molecule has 134 valence electrons. The number of hydrogen-bond donors (Lipinski definition) is 2. The summed E-state index contributed by atoms with van der Waals surface area (Å²) in [6.45, 7) is 1.81. The van der Waals surface area contributed by atoms with E-state index in [4.69, 9.17) is 5.73 Å². The van der Waals surface area contributed by atoms with Crippen molar-refractivity contribution in [3.8, 4) is 5.69 Å². The lowest BCUT2D eigenvalue weighted by atomic mass is 9.96. The van der Waals surface area contributed by atoms with E-state index in [9.17, 15) is 4.79 Å². The number of amides is 1. The zero-order valence-corrected chi connectivity index (χ0v) is 14.5. The number of rotatable bonds is 5. The van der Waals surface area contributed by atoms with Crippen molar-refractivity contribution in [3.63, 3.8) is 0 Å². The highest BCUT2D eigenvalue weighted by molar-refractivity contribution is 5.93. The predicted molar refractivity (Wildman–Crippen MR) is 97.7 cm³/mol. The fourth-order valence-corrected chi connectivity index (χ4v) is 3.66. The van der Waals surface area contributed by atoms with Crippen LogP contribution in [-0.4, -0.2) is 37.3 Å². The SMILES string of the molecule is NC(=O)c1cn[nH]c1C1CCCCN1Cc1ccc(-n2cccn2)cc1. The molecule has 1 saturated heterocycles. The molecule has 1 aromatic carbocycles. The summed E-state index contributed by atoms with van der Waals surface area (Å²) >= 11 is 0. The van der Waals surface area contributed by atoms with Crippen molar-refractivity contribution in [2.75, 3.05) is 6.54 Å². The van der Waals surface area contributed by atoms with Crippen LogP contribution in [0.3, 0.4) is 0 Å². The van der Waals surface area contributed by atoms with E-state index in [0.717, 1.165) is 43.7 Å². The number of likely N-dealkylation sites (tertiary alicyclic amines) is 1. The molecular formula is C19H22N6O. The molecule has 1 fully saturated rings. The Morgan fingerprint density at radius 1 is 1.27 bits per heavy atom. The minimum absolute atomic E-state index is 0.138. The first-order valence-electron chi connectivity index (χ1n) is 8.88. The van der Waals surface area contributed by atoms with Gasteiger partial charge in [0.2, 0.25) is 0 Å². The van der Waals surface area contributed by atoms with Crippen LogP contribution in [0.5, 0.6) is 0 Å². The Hall–Kier alpha value is -2.93. The molecule has 26 heavy (non-hydrogen) atoms. The molecule has 1 unspecified atom stereocenters. The van der Waals surface area contributed by atoms with E-state index in [0.29, 0.717) is 5.56 Å². The maximum atomic E-state index is 11.7. The van der Waals surface area contributed by atoms with Gasteiger partial charge in [-0.1, -0.05) is 18.6 Å². The normalized spacial score (nSPS) is 18.1. The lowest BCUT2D eigenvalue weighted by Crippen LogP contribution is -2.34. The van der Waals surface area contributed by atoms with Crippen molar-refractivity contribution in [3.05, 3.63) is 65.7 Å². The third kappa shape index (κ3) is 3.25. The average Bonchev–Trinajstić information content (AvgIpc) is 3.35. The Morgan fingerprint density at radius 2 is 2.12 bits per heavy atom. The molecule has 7 heteroatoms. The van der Waals surface area contributed by atoms with E-state index in [-0.39, 0.29) is 6.04 Å². The molecule has 2 aromatic heterocycles. The fourth-order valence-electron chi connectivity index (χ4n) is 3.66. The molecule has 7 nitrogen and oxygen atoms in total. The van der Waals surface area contributed by atoms with Crippen LogP contribution in [-0.2, 0) is 6.54 Å². The number of carbonyl (C=O) groups is 1. The summed E-state index contributed by atoms with van der Waals surface area (Å²) in [6, 6.07) is 10.5. The predicted octanol–water partition coefficient (Wildman–Crippen LogP) is 2.42. The van der Waals surface area contributed by atoms with Gasteiger partial charge in [0.1, 0.15) is 0 Å². The van der Waals surface area contributed by atoms with Crippen molar-refractivity contribution < 1.29 is 4.79 Å². The zero-order chi connectivity index (χ0) is 17.9. The zero-order valence-electron chi connectivity index (χ0n) is 14.5. The summed E-state index contributed by atoms with van der Waals surface area (Å²) in [5, 5.41) is 11.3. The summed E-state index contributed by atoms with van der Waals surface area (Å²) in [4.78, 5) is 14.1. The minimum atomic E-state index is -0.428. The first-order valence-corrected chi connectivity index (χ1v) is 8.88. The quantitative estimate of drug-likeness (QED) is 0.739. The second kappa shape index (κ2) is 7.13. The van der Waals surface area contributed by atoms with Gasteiger partial charge in [0.15, 0.2) is 0 Å². The van der Waals surface area contributed by atoms with Crippen LogP contribution >= 0.6 is 0 Å². The van der Waals surface area contributed by atoms with Gasteiger partial charge >= 0.3 is 0 Å². The molecule has 0 radical (unpaired) electrons. The number of nitrogens with two attached hydrogens (primary N) is 1. The van der Waals surface area contributed by atoms with Gasteiger partial charge in [0.25, 0.3) is 5.91 Å². The van der Waals surface area contributed by atoms with Gasteiger partial charge in [-0.2, -0.15) is 10.2 Å². The Bertz CT molecular complexity index is 868.